The molecule has 4 heteroatoms. The van der Waals surface area contributed by atoms with Crippen molar-refractivity contribution in [2.24, 2.45) is 0 Å². The number of hydrogen-bond donors (Lipinski definition) is 0. The third kappa shape index (κ3) is 2.84. The first-order valence-corrected chi connectivity index (χ1v) is 6.00. The highest BCUT2D eigenvalue weighted by molar-refractivity contribution is 9.10. The molecular weight excluding hydrogens is 296 g/mol. The molecular formula is C14H9BrO3. The average molecular weight is 305 g/mol. The van der Waals surface area contributed by atoms with Gasteiger partial charge in [0, 0.05) is 15.6 Å². The van der Waals surface area contributed by atoms with E-state index in [4.69, 9.17) is 4.74 Å². The van der Waals surface area contributed by atoms with E-state index in [0.717, 1.165) is 12.6 Å². The van der Waals surface area contributed by atoms with Crippen LogP contribution in [0.4, 0.5) is 0 Å². The molecule has 0 fully saturated rings. The van der Waals surface area contributed by atoms with E-state index in [9.17, 15) is 9.59 Å². The molecule has 2 rings (SSSR count). The lowest BCUT2D eigenvalue weighted by molar-refractivity contribution is 0.111. The molecule has 90 valence electrons. The Kier molecular flexibility index (Phi) is 3.89. The van der Waals surface area contributed by atoms with Gasteiger partial charge in [0.25, 0.3) is 0 Å². The molecule has 0 bridgehead atoms. The van der Waals surface area contributed by atoms with Gasteiger partial charge in [0.05, 0.1) is 0 Å². The van der Waals surface area contributed by atoms with E-state index in [-0.39, 0.29) is 0 Å². The van der Waals surface area contributed by atoms with E-state index < -0.39 is 0 Å². The summed E-state index contributed by atoms with van der Waals surface area (Å²) in [5.41, 5.74) is 1.11. The normalized spacial score (nSPS) is 9.83. The second-order valence-electron chi connectivity index (χ2n) is 3.59. The highest BCUT2D eigenvalue weighted by Gasteiger charge is 2.03. The standard InChI is InChI=1S/C14H9BrO3/c15-14-7-13(5-4-11(14)9-17)18-12-3-1-2-10(6-12)8-16/h1-9H. The molecule has 0 heterocycles. The Morgan fingerprint density at radius 1 is 0.944 bits per heavy atom. The first-order valence-electron chi connectivity index (χ1n) is 5.21. The lowest BCUT2D eigenvalue weighted by atomic mass is 10.2. The van der Waals surface area contributed by atoms with Crippen molar-refractivity contribution in [1.29, 1.82) is 0 Å². The number of rotatable bonds is 4. The average Bonchev–Trinajstić information content (AvgIpc) is 2.39. The second kappa shape index (κ2) is 5.60. The largest absolute Gasteiger partial charge is 0.457 e. The Labute approximate surface area is 113 Å². The van der Waals surface area contributed by atoms with Crippen molar-refractivity contribution in [3.05, 3.63) is 58.1 Å². The Hall–Kier alpha value is -1.94. The summed E-state index contributed by atoms with van der Waals surface area (Å²) in [6, 6.07) is 11.9. The molecule has 0 radical (unpaired) electrons. The van der Waals surface area contributed by atoms with Gasteiger partial charge in [0.15, 0.2) is 6.29 Å². The fourth-order valence-electron chi connectivity index (χ4n) is 1.45. The third-order valence-corrected chi connectivity index (χ3v) is 3.02. The summed E-state index contributed by atoms with van der Waals surface area (Å²) in [4.78, 5) is 21.3. The maximum Gasteiger partial charge on any atom is 0.151 e. The first kappa shape index (κ1) is 12.5. The molecule has 0 saturated carbocycles. The molecule has 2 aromatic carbocycles. The van der Waals surface area contributed by atoms with Crippen LogP contribution in [0.1, 0.15) is 20.7 Å². The summed E-state index contributed by atoms with van der Waals surface area (Å²) < 4.78 is 6.26. The molecule has 0 aromatic heterocycles. The smallest absolute Gasteiger partial charge is 0.151 e. The molecule has 0 aliphatic carbocycles. The van der Waals surface area contributed by atoms with Gasteiger partial charge in [-0.1, -0.05) is 12.1 Å². The molecule has 0 saturated heterocycles. The van der Waals surface area contributed by atoms with Crippen molar-refractivity contribution in [1.82, 2.24) is 0 Å². The minimum absolute atomic E-state index is 0.552. The van der Waals surface area contributed by atoms with Crippen molar-refractivity contribution in [2.45, 2.75) is 0 Å². The quantitative estimate of drug-likeness (QED) is 0.805. The van der Waals surface area contributed by atoms with Gasteiger partial charge in [0.2, 0.25) is 0 Å². The maximum atomic E-state index is 10.7. The van der Waals surface area contributed by atoms with Gasteiger partial charge in [-0.15, -0.1) is 0 Å². The Morgan fingerprint density at radius 3 is 2.39 bits per heavy atom. The molecule has 0 aliphatic rings. The highest BCUT2D eigenvalue weighted by atomic mass is 79.9. The zero-order chi connectivity index (χ0) is 13.0. The molecule has 0 atom stereocenters. The van der Waals surface area contributed by atoms with Gasteiger partial charge in [-0.2, -0.15) is 0 Å². The van der Waals surface area contributed by atoms with Crippen LogP contribution < -0.4 is 4.74 Å². The van der Waals surface area contributed by atoms with Crippen molar-refractivity contribution < 1.29 is 14.3 Å². The fraction of sp³-hybridized carbons (Fsp3) is 0. The van der Waals surface area contributed by atoms with Crippen molar-refractivity contribution in [3.8, 4) is 11.5 Å². The SMILES string of the molecule is O=Cc1cccc(Oc2ccc(C=O)c(Br)c2)c1. The number of aldehydes is 2. The molecule has 0 aliphatic heterocycles. The van der Waals surface area contributed by atoms with Crippen LogP contribution in [0.2, 0.25) is 0 Å². The van der Waals surface area contributed by atoms with Crippen LogP contribution in [-0.2, 0) is 0 Å². The van der Waals surface area contributed by atoms with Crippen molar-refractivity contribution in [2.75, 3.05) is 0 Å². The van der Waals surface area contributed by atoms with Crippen LogP contribution in [0.25, 0.3) is 0 Å². The van der Waals surface area contributed by atoms with Crippen LogP contribution in [0.15, 0.2) is 46.9 Å². The van der Waals surface area contributed by atoms with Crippen LogP contribution in [-0.4, -0.2) is 12.6 Å². The van der Waals surface area contributed by atoms with Gasteiger partial charge in [0.1, 0.15) is 17.8 Å². The number of carbonyl (C=O) groups is 2. The molecule has 0 amide bonds. The van der Waals surface area contributed by atoms with Crippen LogP contribution >= 0.6 is 15.9 Å². The first-order chi connectivity index (χ1) is 8.72. The van der Waals surface area contributed by atoms with Crippen LogP contribution in [0.5, 0.6) is 11.5 Å². The molecule has 0 spiro atoms. The third-order valence-electron chi connectivity index (χ3n) is 2.33. The van der Waals surface area contributed by atoms with Gasteiger partial charge in [-0.3, -0.25) is 9.59 Å². The Bertz CT molecular complexity index is 593. The van der Waals surface area contributed by atoms with Gasteiger partial charge < -0.3 is 4.74 Å². The summed E-state index contributed by atoms with van der Waals surface area (Å²) >= 11 is 3.28. The number of carbonyl (C=O) groups excluding carboxylic acids is 2. The second-order valence-corrected chi connectivity index (χ2v) is 4.45. The predicted octanol–water partition coefficient (Wildman–Crippen LogP) is 3.87. The monoisotopic (exact) mass is 304 g/mol. The molecule has 0 unspecified atom stereocenters. The van der Waals surface area contributed by atoms with Gasteiger partial charge >= 0.3 is 0 Å². The molecule has 2 aromatic rings. The Morgan fingerprint density at radius 2 is 1.72 bits per heavy atom. The van der Waals surface area contributed by atoms with E-state index in [2.05, 4.69) is 15.9 Å². The van der Waals surface area contributed by atoms with E-state index >= 15 is 0 Å². The van der Waals surface area contributed by atoms with E-state index in [1.54, 1.807) is 42.5 Å². The lowest BCUT2D eigenvalue weighted by Gasteiger charge is -2.07. The summed E-state index contributed by atoms with van der Waals surface area (Å²) in [6.07, 6.45) is 1.53. The maximum absolute atomic E-state index is 10.7. The fourth-order valence-corrected chi connectivity index (χ4v) is 1.91. The predicted molar refractivity (Wildman–Crippen MR) is 71.4 cm³/mol. The zero-order valence-electron chi connectivity index (χ0n) is 9.30. The number of ether oxygens (including phenoxy) is 1. The summed E-state index contributed by atoms with van der Waals surface area (Å²) in [5.74, 6) is 1.17. The van der Waals surface area contributed by atoms with Gasteiger partial charge in [-0.25, -0.2) is 0 Å². The number of hydrogen-bond acceptors (Lipinski definition) is 3. The molecule has 3 nitrogen and oxygen atoms in total. The van der Waals surface area contributed by atoms with Gasteiger partial charge in [-0.05, 0) is 46.3 Å². The Balaban J connectivity index is 2.25. The minimum Gasteiger partial charge on any atom is -0.457 e. The van der Waals surface area contributed by atoms with Crippen molar-refractivity contribution in [3.63, 3.8) is 0 Å². The van der Waals surface area contributed by atoms with E-state index in [0.29, 0.717) is 27.1 Å². The lowest BCUT2D eigenvalue weighted by Crippen LogP contribution is -1.88. The van der Waals surface area contributed by atoms with Crippen molar-refractivity contribution >= 4 is 28.5 Å². The van der Waals surface area contributed by atoms with E-state index in [1.165, 1.54) is 0 Å². The van der Waals surface area contributed by atoms with Crippen LogP contribution in [0.3, 0.4) is 0 Å². The topological polar surface area (TPSA) is 43.4 Å². The van der Waals surface area contributed by atoms with E-state index in [1.807, 2.05) is 0 Å². The number of halogens is 1. The molecule has 18 heavy (non-hydrogen) atoms. The summed E-state index contributed by atoms with van der Waals surface area (Å²) in [6.45, 7) is 0. The number of benzene rings is 2. The summed E-state index contributed by atoms with van der Waals surface area (Å²) in [7, 11) is 0. The highest BCUT2D eigenvalue weighted by Crippen LogP contribution is 2.26. The molecule has 0 N–H and O–H groups in total. The minimum atomic E-state index is 0.552. The van der Waals surface area contributed by atoms with Crippen LogP contribution in [0, 0.1) is 0 Å². The summed E-state index contributed by atoms with van der Waals surface area (Å²) in [5, 5.41) is 0. The zero-order valence-corrected chi connectivity index (χ0v) is 10.9.